The number of fused-ring (bicyclic) bond motifs is 2. The van der Waals surface area contributed by atoms with Crippen molar-refractivity contribution in [3.05, 3.63) is 40.2 Å². The summed E-state index contributed by atoms with van der Waals surface area (Å²) in [7, 11) is 1.98. The van der Waals surface area contributed by atoms with Crippen molar-refractivity contribution >= 4 is 29.4 Å². The van der Waals surface area contributed by atoms with E-state index in [0.29, 0.717) is 19.6 Å². The van der Waals surface area contributed by atoms with Crippen LogP contribution in [0, 0.1) is 5.82 Å². The fourth-order valence-electron chi connectivity index (χ4n) is 5.74. The molecular weight excluding hydrogens is 575 g/mol. The Labute approximate surface area is 248 Å². The van der Waals surface area contributed by atoms with Crippen molar-refractivity contribution in [1.82, 2.24) is 19.7 Å². The molecule has 2 saturated heterocycles. The molecule has 2 atom stereocenters. The maximum Gasteiger partial charge on any atom is 0.410 e. The van der Waals surface area contributed by atoms with Gasteiger partial charge in [-0.25, -0.2) is 22.9 Å². The Morgan fingerprint density at radius 2 is 1.83 bits per heavy atom. The van der Waals surface area contributed by atoms with Gasteiger partial charge in [0, 0.05) is 56.4 Å². The molecule has 9 nitrogen and oxygen atoms in total. The van der Waals surface area contributed by atoms with Gasteiger partial charge in [0.05, 0.1) is 11.7 Å². The number of carbonyl (C=O) groups is 2. The molecule has 1 aromatic heterocycles. The zero-order valence-electron chi connectivity index (χ0n) is 24.3. The molecule has 2 aromatic rings. The lowest BCUT2D eigenvalue weighted by Gasteiger charge is -2.41. The fraction of sp³-hybridized carbons (Fsp3) is 0.552. The average Bonchev–Trinajstić information content (AvgIpc) is 3.05. The first kappa shape index (κ1) is 30.2. The van der Waals surface area contributed by atoms with Crippen LogP contribution < -0.4 is 9.64 Å². The van der Waals surface area contributed by atoms with Crippen LogP contribution in [0.3, 0.4) is 0 Å². The van der Waals surface area contributed by atoms with Gasteiger partial charge in [-0.15, -0.1) is 0 Å². The molecule has 2 fully saturated rings. The van der Waals surface area contributed by atoms with E-state index in [1.807, 2.05) is 18.9 Å². The number of hydrogen-bond donors (Lipinski definition) is 0. The summed E-state index contributed by atoms with van der Waals surface area (Å²) in [4.78, 5) is 38.9. The molecule has 0 spiro atoms. The van der Waals surface area contributed by atoms with Gasteiger partial charge in [0.2, 0.25) is 0 Å². The number of benzene rings is 1. The highest BCUT2D eigenvalue weighted by molar-refractivity contribution is 6.35. The molecule has 228 valence electrons. The fourth-order valence-corrected chi connectivity index (χ4v) is 6.02. The van der Waals surface area contributed by atoms with E-state index in [1.54, 1.807) is 25.7 Å². The summed E-state index contributed by atoms with van der Waals surface area (Å²) >= 11 is 6.79. The molecule has 42 heavy (non-hydrogen) atoms. The van der Waals surface area contributed by atoms with Gasteiger partial charge in [0.1, 0.15) is 34.4 Å². The molecule has 0 unspecified atom stereocenters. The molecular formula is C29H35ClF3N5O4. The van der Waals surface area contributed by atoms with E-state index in [0.717, 1.165) is 12.1 Å². The topological polar surface area (TPSA) is 78.5 Å². The van der Waals surface area contributed by atoms with Gasteiger partial charge < -0.3 is 29.1 Å². The van der Waals surface area contributed by atoms with Crippen LogP contribution in [-0.4, -0.2) is 102 Å². The summed E-state index contributed by atoms with van der Waals surface area (Å²) in [5.41, 5.74) is -1.80. The SMILES string of the molecule is C[C@H]1CN(C)CCN1c1nc(-c2c(F)cccc2C(F)F)c(Cl)c2c1C(=O)N1CCN(C(=O)OC(C)(C)C)C[C@@H]1CO2. The summed E-state index contributed by atoms with van der Waals surface area (Å²) in [5.74, 6) is -1.14. The number of pyridine rings is 1. The third-order valence-corrected chi connectivity index (χ3v) is 8.08. The highest BCUT2D eigenvalue weighted by Crippen LogP contribution is 2.46. The Bertz CT molecular complexity index is 1390. The van der Waals surface area contributed by atoms with Gasteiger partial charge in [-0.2, -0.15) is 0 Å². The van der Waals surface area contributed by atoms with Crippen molar-refractivity contribution in [2.24, 2.45) is 0 Å². The summed E-state index contributed by atoms with van der Waals surface area (Å²) in [5, 5.41) is -0.222. The van der Waals surface area contributed by atoms with Crippen molar-refractivity contribution in [1.29, 1.82) is 0 Å². The molecule has 0 radical (unpaired) electrons. The molecule has 3 aliphatic heterocycles. The van der Waals surface area contributed by atoms with Gasteiger partial charge in [-0.05, 0) is 40.8 Å². The normalized spacial score (nSPS) is 21.6. The van der Waals surface area contributed by atoms with E-state index in [2.05, 4.69) is 9.88 Å². The van der Waals surface area contributed by atoms with Crippen molar-refractivity contribution in [2.75, 3.05) is 57.8 Å². The lowest BCUT2D eigenvalue weighted by molar-refractivity contribution is 0.000951. The van der Waals surface area contributed by atoms with Crippen molar-refractivity contribution in [2.45, 2.75) is 51.8 Å². The summed E-state index contributed by atoms with van der Waals surface area (Å²) in [6.45, 7) is 9.69. The minimum absolute atomic E-state index is 0.0298. The molecule has 0 bridgehead atoms. The lowest BCUT2D eigenvalue weighted by atomic mass is 10.0. The van der Waals surface area contributed by atoms with E-state index < -0.39 is 47.0 Å². The standard InChI is InChI=1S/C29H35ClF3N5O4/c1-16-13-35(5)9-11-37(16)26-21-24(22(30)23(34-26)20-18(25(32)33)7-6-8-19(20)31)41-15-17-14-36(10-12-38(17)27(21)39)28(40)42-29(2,3)4/h6-8,16-17,25H,9-15H2,1-5H3/t16-,17+/m0/s1. The quantitative estimate of drug-likeness (QED) is 0.481. The minimum atomic E-state index is -2.99. The highest BCUT2D eigenvalue weighted by atomic mass is 35.5. The maximum absolute atomic E-state index is 15.2. The number of aromatic nitrogens is 1. The number of amides is 2. The molecule has 0 aliphatic carbocycles. The molecule has 5 rings (SSSR count). The third kappa shape index (κ3) is 5.70. The second-order valence-electron chi connectivity index (χ2n) is 12.0. The Balaban J connectivity index is 1.62. The molecule has 3 aliphatic rings. The van der Waals surface area contributed by atoms with Gasteiger partial charge in [0.25, 0.3) is 12.3 Å². The number of ether oxygens (including phenoxy) is 2. The summed E-state index contributed by atoms with van der Waals surface area (Å²) < 4.78 is 55.1. The molecule has 2 amide bonds. The number of piperazine rings is 2. The van der Waals surface area contributed by atoms with Gasteiger partial charge in [-0.3, -0.25) is 4.79 Å². The predicted octanol–water partition coefficient (Wildman–Crippen LogP) is 5.07. The number of halogens is 4. The number of rotatable bonds is 3. The highest BCUT2D eigenvalue weighted by Gasteiger charge is 2.42. The van der Waals surface area contributed by atoms with Crippen molar-refractivity contribution < 1.29 is 32.2 Å². The van der Waals surface area contributed by atoms with Crippen LogP contribution in [0.4, 0.5) is 23.8 Å². The number of nitrogens with zero attached hydrogens (tertiary/aromatic N) is 5. The van der Waals surface area contributed by atoms with Gasteiger partial charge >= 0.3 is 6.09 Å². The molecule has 0 saturated carbocycles. The van der Waals surface area contributed by atoms with Crippen LogP contribution in [0.25, 0.3) is 11.3 Å². The summed E-state index contributed by atoms with van der Waals surface area (Å²) in [6, 6.07) is 2.76. The smallest absolute Gasteiger partial charge is 0.410 e. The first-order chi connectivity index (χ1) is 19.8. The first-order valence-electron chi connectivity index (χ1n) is 13.9. The Morgan fingerprint density at radius 1 is 1.12 bits per heavy atom. The lowest BCUT2D eigenvalue weighted by Crippen LogP contribution is -2.58. The molecule has 0 N–H and O–H groups in total. The molecule has 13 heteroatoms. The van der Waals surface area contributed by atoms with Crippen molar-refractivity contribution in [3.63, 3.8) is 0 Å². The zero-order valence-corrected chi connectivity index (χ0v) is 25.1. The Hall–Kier alpha value is -3.25. The van der Waals surface area contributed by atoms with E-state index >= 15 is 4.39 Å². The van der Waals surface area contributed by atoms with E-state index in [9.17, 15) is 18.4 Å². The number of hydrogen-bond acceptors (Lipinski definition) is 7. The Kier molecular flexibility index (Phi) is 8.23. The maximum atomic E-state index is 15.2. The Morgan fingerprint density at radius 3 is 2.50 bits per heavy atom. The number of likely N-dealkylation sites (N-methyl/N-ethyl adjacent to an activating group) is 1. The average molecular weight is 610 g/mol. The van der Waals surface area contributed by atoms with Crippen LogP contribution in [0.2, 0.25) is 5.02 Å². The van der Waals surface area contributed by atoms with Crippen LogP contribution in [0.1, 0.15) is 50.0 Å². The number of carbonyl (C=O) groups excluding carboxylic acids is 2. The van der Waals surface area contributed by atoms with Gasteiger partial charge in [-0.1, -0.05) is 23.7 Å². The minimum Gasteiger partial charge on any atom is -0.489 e. The van der Waals surface area contributed by atoms with E-state index in [4.69, 9.17) is 21.1 Å². The van der Waals surface area contributed by atoms with E-state index in [-0.39, 0.29) is 60.1 Å². The number of anilines is 1. The first-order valence-corrected chi connectivity index (χ1v) is 14.3. The predicted molar refractivity (Wildman–Crippen MR) is 152 cm³/mol. The van der Waals surface area contributed by atoms with Crippen LogP contribution in [-0.2, 0) is 4.74 Å². The van der Waals surface area contributed by atoms with Crippen LogP contribution in [0.5, 0.6) is 5.75 Å². The second kappa shape index (κ2) is 11.4. The largest absolute Gasteiger partial charge is 0.489 e. The van der Waals surface area contributed by atoms with E-state index in [1.165, 1.54) is 11.0 Å². The molecule has 4 heterocycles. The third-order valence-electron chi connectivity index (χ3n) is 7.73. The number of alkyl halides is 2. The monoisotopic (exact) mass is 609 g/mol. The zero-order chi connectivity index (χ0) is 30.5. The molecule has 1 aromatic carbocycles. The van der Waals surface area contributed by atoms with Gasteiger partial charge in [0.15, 0.2) is 5.75 Å². The summed E-state index contributed by atoms with van der Waals surface area (Å²) in [6.07, 6.45) is -3.49. The van der Waals surface area contributed by atoms with Crippen molar-refractivity contribution in [3.8, 4) is 17.0 Å². The van der Waals surface area contributed by atoms with Crippen LogP contribution in [0.15, 0.2) is 18.2 Å². The second-order valence-corrected chi connectivity index (χ2v) is 12.4. The van der Waals surface area contributed by atoms with Crippen LogP contribution >= 0.6 is 11.6 Å².